The van der Waals surface area contributed by atoms with Crippen LogP contribution in [-0.4, -0.2) is 25.9 Å². The van der Waals surface area contributed by atoms with Crippen molar-refractivity contribution in [1.82, 2.24) is 14.8 Å². The van der Waals surface area contributed by atoms with E-state index in [-0.39, 0.29) is 11.2 Å². The lowest BCUT2D eigenvalue weighted by Crippen LogP contribution is -2.23. The molecule has 1 aromatic heterocycles. The number of hydrogen-bond acceptors (Lipinski definition) is 4. The third kappa shape index (κ3) is 2.56. The van der Waals surface area contributed by atoms with E-state index in [1.807, 2.05) is 34.9 Å². The lowest BCUT2D eigenvalue weighted by Gasteiger charge is -2.11. The summed E-state index contributed by atoms with van der Waals surface area (Å²) >= 11 is 1.35. The first-order chi connectivity index (χ1) is 9.66. The fourth-order valence-corrected chi connectivity index (χ4v) is 2.82. The predicted molar refractivity (Wildman–Crippen MR) is 77.8 cm³/mol. The van der Waals surface area contributed by atoms with Crippen LogP contribution in [0.5, 0.6) is 0 Å². The Balaban J connectivity index is 2.00. The maximum atomic E-state index is 11.2. The van der Waals surface area contributed by atoms with E-state index in [2.05, 4.69) is 10.2 Å². The van der Waals surface area contributed by atoms with Gasteiger partial charge in [-0.3, -0.25) is 9.36 Å². The number of aromatic nitrogens is 3. The van der Waals surface area contributed by atoms with E-state index >= 15 is 0 Å². The number of carbonyl (C=O) groups excluding carboxylic acids is 1. The van der Waals surface area contributed by atoms with E-state index in [4.69, 9.17) is 5.73 Å². The Morgan fingerprint density at radius 1 is 1.35 bits per heavy atom. The number of hydrogen-bond donors (Lipinski definition) is 1. The van der Waals surface area contributed by atoms with Gasteiger partial charge in [-0.1, -0.05) is 30.0 Å². The van der Waals surface area contributed by atoms with Crippen molar-refractivity contribution in [2.24, 2.45) is 5.73 Å². The number of nitrogens with two attached hydrogens (primary N) is 1. The first-order valence-corrected chi connectivity index (χ1v) is 7.51. The largest absolute Gasteiger partial charge is 0.369 e. The molecule has 0 spiro atoms. The summed E-state index contributed by atoms with van der Waals surface area (Å²) in [6.45, 7) is 1.79. The van der Waals surface area contributed by atoms with Gasteiger partial charge in [0.15, 0.2) is 5.16 Å². The third-order valence-corrected chi connectivity index (χ3v) is 4.36. The Morgan fingerprint density at radius 2 is 2.05 bits per heavy atom. The van der Waals surface area contributed by atoms with Gasteiger partial charge in [0.25, 0.3) is 0 Å². The summed E-state index contributed by atoms with van der Waals surface area (Å²) < 4.78 is 2.04. The predicted octanol–water partition coefficient (Wildman–Crippen LogP) is 2.11. The molecule has 1 saturated carbocycles. The zero-order chi connectivity index (χ0) is 14.1. The molecule has 2 aromatic rings. The van der Waals surface area contributed by atoms with E-state index in [0.29, 0.717) is 5.92 Å². The molecule has 0 bridgehead atoms. The van der Waals surface area contributed by atoms with Crippen LogP contribution in [0.4, 0.5) is 0 Å². The van der Waals surface area contributed by atoms with Gasteiger partial charge >= 0.3 is 0 Å². The second-order valence-electron chi connectivity index (χ2n) is 4.95. The summed E-state index contributed by atoms with van der Waals surface area (Å²) in [5.41, 5.74) is 6.36. The zero-order valence-corrected chi connectivity index (χ0v) is 12.0. The van der Waals surface area contributed by atoms with Crippen LogP contribution >= 0.6 is 11.8 Å². The van der Waals surface area contributed by atoms with Gasteiger partial charge in [-0.05, 0) is 31.9 Å². The number of primary amides is 1. The minimum atomic E-state index is -0.342. The molecule has 20 heavy (non-hydrogen) atoms. The summed E-state index contributed by atoms with van der Waals surface area (Å²) in [5.74, 6) is 1.13. The van der Waals surface area contributed by atoms with Crippen molar-refractivity contribution in [3.63, 3.8) is 0 Å². The van der Waals surface area contributed by atoms with Crippen molar-refractivity contribution in [2.45, 2.75) is 36.1 Å². The molecule has 1 amide bonds. The minimum absolute atomic E-state index is 0.325. The Hall–Kier alpha value is -1.82. The van der Waals surface area contributed by atoms with E-state index in [9.17, 15) is 4.79 Å². The van der Waals surface area contributed by atoms with Crippen molar-refractivity contribution < 1.29 is 4.79 Å². The lowest BCUT2D eigenvalue weighted by atomic mass is 10.3. The van der Waals surface area contributed by atoms with Crippen LogP contribution in [-0.2, 0) is 4.79 Å². The number of amides is 1. The van der Waals surface area contributed by atoms with Gasteiger partial charge in [0.1, 0.15) is 5.82 Å². The Labute approximate surface area is 121 Å². The van der Waals surface area contributed by atoms with Crippen LogP contribution in [0.25, 0.3) is 5.69 Å². The van der Waals surface area contributed by atoms with E-state index < -0.39 is 0 Å². The molecule has 1 atom stereocenters. The molecule has 6 heteroatoms. The first-order valence-electron chi connectivity index (χ1n) is 6.63. The smallest absolute Gasteiger partial charge is 0.230 e. The fraction of sp³-hybridized carbons (Fsp3) is 0.357. The topological polar surface area (TPSA) is 73.8 Å². The van der Waals surface area contributed by atoms with Gasteiger partial charge in [0, 0.05) is 11.6 Å². The van der Waals surface area contributed by atoms with Crippen molar-refractivity contribution in [2.75, 3.05) is 0 Å². The normalized spacial score (nSPS) is 16.1. The average molecular weight is 288 g/mol. The van der Waals surface area contributed by atoms with Crippen LogP contribution < -0.4 is 5.73 Å². The molecule has 0 saturated heterocycles. The van der Waals surface area contributed by atoms with Crippen molar-refractivity contribution in [3.05, 3.63) is 36.2 Å². The quantitative estimate of drug-likeness (QED) is 0.855. The van der Waals surface area contributed by atoms with Gasteiger partial charge in [0.05, 0.1) is 5.25 Å². The average Bonchev–Trinajstić information content (AvgIpc) is 3.21. The Kier molecular flexibility index (Phi) is 3.48. The highest BCUT2D eigenvalue weighted by molar-refractivity contribution is 8.00. The molecule has 1 aliphatic carbocycles. The maximum Gasteiger partial charge on any atom is 0.230 e. The monoisotopic (exact) mass is 288 g/mol. The Morgan fingerprint density at radius 3 is 2.65 bits per heavy atom. The highest BCUT2D eigenvalue weighted by Gasteiger charge is 2.31. The van der Waals surface area contributed by atoms with Gasteiger partial charge in [0.2, 0.25) is 5.91 Å². The van der Waals surface area contributed by atoms with Gasteiger partial charge < -0.3 is 5.73 Å². The second-order valence-corrected chi connectivity index (χ2v) is 6.26. The summed E-state index contributed by atoms with van der Waals surface area (Å²) in [6.07, 6.45) is 2.31. The van der Waals surface area contributed by atoms with E-state index in [0.717, 1.165) is 29.5 Å². The number of nitrogens with zero attached hydrogens (tertiary/aromatic N) is 3. The molecule has 1 fully saturated rings. The summed E-state index contributed by atoms with van der Waals surface area (Å²) in [4.78, 5) is 11.2. The molecule has 0 radical (unpaired) electrons. The molecular weight excluding hydrogens is 272 g/mol. The van der Waals surface area contributed by atoms with E-state index in [1.54, 1.807) is 6.92 Å². The molecule has 2 N–H and O–H groups in total. The van der Waals surface area contributed by atoms with Crippen LogP contribution in [0.2, 0.25) is 0 Å². The number of thioether (sulfide) groups is 1. The Bertz CT molecular complexity index is 621. The SMILES string of the molecule is C[C@H](Sc1nnc(C2CC2)n1-c1ccccc1)C(N)=O. The zero-order valence-electron chi connectivity index (χ0n) is 11.2. The van der Waals surface area contributed by atoms with Crippen molar-refractivity contribution >= 4 is 17.7 Å². The number of rotatable bonds is 5. The second kappa shape index (κ2) is 5.28. The van der Waals surface area contributed by atoms with Crippen molar-refractivity contribution in [3.8, 4) is 5.69 Å². The molecular formula is C14H16N4OS. The maximum absolute atomic E-state index is 11.2. The molecule has 1 aromatic carbocycles. The van der Waals surface area contributed by atoms with Crippen LogP contribution in [0.1, 0.15) is 31.5 Å². The molecule has 5 nitrogen and oxygen atoms in total. The van der Waals surface area contributed by atoms with Crippen LogP contribution in [0.3, 0.4) is 0 Å². The summed E-state index contributed by atoms with van der Waals surface area (Å²) in [5, 5.41) is 8.95. The lowest BCUT2D eigenvalue weighted by molar-refractivity contribution is -0.117. The minimum Gasteiger partial charge on any atom is -0.369 e. The van der Waals surface area contributed by atoms with Crippen molar-refractivity contribution in [1.29, 1.82) is 0 Å². The number of benzene rings is 1. The number of carbonyl (C=O) groups is 1. The molecule has 3 rings (SSSR count). The van der Waals surface area contributed by atoms with Crippen LogP contribution in [0.15, 0.2) is 35.5 Å². The molecule has 104 valence electrons. The fourth-order valence-electron chi connectivity index (χ4n) is 2.00. The highest BCUT2D eigenvalue weighted by atomic mass is 32.2. The standard InChI is InChI=1S/C14H16N4OS/c1-9(12(15)19)20-14-17-16-13(10-7-8-10)18(14)11-5-3-2-4-6-11/h2-6,9-10H,7-8H2,1H3,(H2,15,19)/t9-/m0/s1. The number of para-hydroxylation sites is 1. The van der Waals surface area contributed by atoms with Crippen LogP contribution in [0, 0.1) is 0 Å². The molecule has 1 aliphatic rings. The van der Waals surface area contributed by atoms with Gasteiger partial charge in [-0.15, -0.1) is 10.2 Å². The molecule has 0 unspecified atom stereocenters. The third-order valence-electron chi connectivity index (χ3n) is 3.30. The van der Waals surface area contributed by atoms with E-state index in [1.165, 1.54) is 11.8 Å². The van der Waals surface area contributed by atoms with Gasteiger partial charge in [-0.25, -0.2) is 0 Å². The molecule has 0 aliphatic heterocycles. The highest BCUT2D eigenvalue weighted by Crippen LogP contribution is 2.41. The molecule has 1 heterocycles. The summed E-state index contributed by atoms with van der Waals surface area (Å²) in [6, 6.07) is 9.99. The first kappa shape index (κ1) is 13.2. The van der Waals surface area contributed by atoms with Gasteiger partial charge in [-0.2, -0.15) is 0 Å². The summed E-state index contributed by atoms with van der Waals surface area (Å²) in [7, 11) is 0.